The van der Waals surface area contributed by atoms with Crippen LogP contribution in [0.3, 0.4) is 0 Å². The summed E-state index contributed by atoms with van der Waals surface area (Å²) in [7, 11) is 0. The fourth-order valence-electron chi connectivity index (χ4n) is 0.637. The Morgan fingerprint density at radius 1 is 1.45 bits per heavy atom. The maximum atomic E-state index is 5.06. The molecule has 1 heterocycles. The topological polar surface area (TPSA) is 37.8 Å². The second kappa shape index (κ2) is 4.29. The lowest BCUT2D eigenvalue weighted by Crippen LogP contribution is -2.03. The molecule has 0 aliphatic heterocycles. The van der Waals surface area contributed by atoms with Gasteiger partial charge in [0.2, 0.25) is 5.95 Å². The van der Waals surface area contributed by atoms with E-state index in [4.69, 9.17) is 6.42 Å². The van der Waals surface area contributed by atoms with E-state index in [0.29, 0.717) is 12.4 Å². The summed E-state index contributed by atoms with van der Waals surface area (Å²) >= 11 is 0. The van der Waals surface area contributed by atoms with E-state index in [1.54, 1.807) is 18.5 Å². The van der Waals surface area contributed by atoms with Crippen molar-refractivity contribution in [1.29, 1.82) is 0 Å². The zero-order chi connectivity index (χ0) is 7.94. The van der Waals surface area contributed by atoms with Gasteiger partial charge in [0.1, 0.15) is 0 Å². The standard InChI is InChI=1S/C8H9N3/c1-2-3-5-9-8-10-6-4-7-11-8/h1,4,6-7H,3,5H2,(H,9,10,11). The molecule has 0 aliphatic carbocycles. The molecule has 0 radical (unpaired) electrons. The van der Waals surface area contributed by atoms with E-state index in [-0.39, 0.29) is 0 Å². The summed E-state index contributed by atoms with van der Waals surface area (Å²) in [6, 6.07) is 1.77. The lowest BCUT2D eigenvalue weighted by atomic mass is 10.4. The monoisotopic (exact) mass is 147 g/mol. The highest BCUT2D eigenvalue weighted by molar-refractivity contribution is 5.22. The van der Waals surface area contributed by atoms with Crippen LogP contribution in [0.5, 0.6) is 0 Å². The van der Waals surface area contributed by atoms with Gasteiger partial charge in [-0.3, -0.25) is 0 Å². The average molecular weight is 147 g/mol. The third kappa shape index (κ3) is 2.67. The fourth-order valence-corrected chi connectivity index (χ4v) is 0.637. The summed E-state index contributed by atoms with van der Waals surface area (Å²) in [5.74, 6) is 3.15. The highest BCUT2D eigenvalue weighted by Crippen LogP contribution is 1.92. The molecule has 0 saturated heterocycles. The van der Waals surface area contributed by atoms with Gasteiger partial charge in [-0.1, -0.05) is 0 Å². The Kier molecular flexibility index (Phi) is 2.94. The molecule has 0 saturated carbocycles. The molecule has 56 valence electrons. The first-order chi connectivity index (χ1) is 5.43. The Labute approximate surface area is 65.9 Å². The first kappa shape index (κ1) is 7.55. The lowest BCUT2D eigenvalue weighted by molar-refractivity contribution is 1.03. The first-order valence-corrected chi connectivity index (χ1v) is 3.38. The molecule has 11 heavy (non-hydrogen) atoms. The zero-order valence-corrected chi connectivity index (χ0v) is 6.12. The van der Waals surface area contributed by atoms with E-state index < -0.39 is 0 Å². The Bertz CT molecular complexity index is 237. The van der Waals surface area contributed by atoms with Crippen LogP contribution in [0, 0.1) is 12.3 Å². The maximum Gasteiger partial charge on any atom is 0.222 e. The lowest BCUT2D eigenvalue weighted by Gasteiger charge is -1.98. The van der Waals surface area contributed by atoms with Crippen molar-refractivity contribution >= 4 is 5.95 Å². The second-order valence-electron chi connectivity index (χ2n) is 1.95. The Morgan fingerprint density at radius 3 is 2.82 bits per heavy atom. The molecule has 0 bridgehead atoms. The summed E-state index contributed by atoms with van der Waals surface area (Å²) in [4.78, 5) is 7.92. The van der Waals surface area contributed by atoms with E-state index >= 15 is 0 Å². The number of terminal acetylenes is 1. The van der Waals surface area contributed by atoms with Gasteiger partial charge in [-0.05, 0) is 6.07 Å². The molecular formula is C8H9N3. The van der Waals surface area contributed by atoms with Crippen molar-refractivity contribution in [2.45, 2.75) is 6.42 Å². The molecule has 1 rings (SSSR count). The normalized spacial score (nSPS) is 8.64. The SMILES string of the molecule is C#CCCNc1ncccn1. The predicted octanol–water partition coefficient (Wildman–Crippen LogP) is 0.912. The molecule has 1 aromatic rings. The molecule has 0 aromatic carbocycles. The molecular weight excluding hydrogens is 138 g/mol. The molecule has 0 fully saturated rings. The molecule has 0 unspecified atom stereocenters. The third-order valence-electron chi connectivity index (χ3n) is 1.12. The van der Waals surface area contributed by atoms with Crippen molar-refractivity contribution < 1.29 is 0 Å². The fraction of sp³-hybridized carbons (Fsp3) is 0.250. The predicted molar refractivity (Wildman–Crippen MR) is 44.0 cm³/mol. The number of aromatic nitrogens is 2. The van der Waals surface area contributed by atoms with Crippen LogP contribution in [0.2, 0.25) is 0 Å². The number of rotatable bonds is 3. The quantitative estimate of drug-likeness (QED) is 0.510. The highest BCUT2D eigenvalue weighted by atomic mass is 15.1. The molecule has 3 heteroatoms. The van der Waals surface area contributed by atoms with Crippen molar-refractivity contribution in [1.82, 2.24) is 9.97 Å². The van der Waals surface area contributed by atoms with E-state index in [2.05, 4.69) is 21.2 Å². The van der Waals surface area contributed by atoms with Gasteiger partial charge in [0.25, 0.3) is 0 Å². The smallest absolute Gasteiger partial charge is 0.222 e. The number of nitrogens with one attached hydrogen (secondary N) is 1. The Balaban J connectivity index is 2.35. The largest absolute Gasteiger partial charge is 0.353 e. The minimum atomic E-state index is 0.628. The van der Waals surface area contributed by atoms with Crippen molar-refractivity contribution in [2.24, 2.45) is 0 Å². The van der Waals surface area contributed by atoms with Gasteiger partial charge in [-0.2, -0.15) is 0 Å². The molecule has 1 aromatic heterocycles. The van der Waals surface area contributed by atoms with Crippen molar-refractivity contribution in [3.05, 3.63) is 18.5 Å². The van der Waals surface area contributed by atoms with Gasteiger partial charge in [-0.15, -0.1) is 12.3 Å². The maximum absolute atomic E-state index is 5.06. The Morgan fingerprint density at radius 2 is 2.18 bits per heavy atom. The second-order valence-corrected chi connectivity index (χ2v) is 1.95. The van der Waals surface area contributed by atoms with Crippen molar-refractivity contribution in [3.8, 4) is 12.3 Å². The number of hydrogen-bond donors (Lipinski definition) is 1. The molecule has 0 amide bonds. The van der Waals surface area contributed by atoms with Gasteiger partial charge >= 0.3 is 0 Å². The summed E-state index contributed by atoms with van der Waals surface area (Å²) < 4.78 is 0. The van der Waals surface area contributed by atoms with Crippen LogP contribution in [-0.4, -0.2) is 16.5 Å². The van der Waals surface area contributed by atoms with Gasteiger partial charge < -0.3 is 5.32 Å². The number of hydrogen-bond acceptors (Lipinski definition) is 3. The molecule has 3 nitrogen and oxygen atoms in total. The van der Waals surface area contributed by atoms with Gasteiger partial charge in [0, 0.05) is 25.4 Å². The summed E-state index contributed by atoms with van der Waals surface area (Å²) in [6.45, 7) is 0.723. The summed E-state index contributed by atoms with van der Waals surface area (Å²) in [5, 5.41) is 2.98. The van der Waals surface area contributed by atoms with E-state index in [1.807, 2.05) is 0 Å². The van der Waals surface area contributed by atoms with Gasteiger partial charge in [0.15, 0.2) is 0 Å². The van der Waals surface area contributed by atoms with Crippen LogP contribution in [0.15, 0.2) is 18.5 Å². The summed E-state index contributed by atoms with van der Waals surface area (Å²) in [6.07, 6.45) is 9.13. The number of nitrogens with zero attached hydrogens (tertiary/aromatic N) is 2. The molecule has 0 atom stereocenters. The minimum absolute atomic E-state index is 0.628. The van der Waals surface area contributed by atoms with Crippen LogP contribution in [0.4, 0.5) is 5.95 Å². The van der Waals surface area contributed by atoms with Crippen molar-refractivity contribution in [3.63, 3.8) is 0 Å². The first-order valence-electron chi connectivity index (χ1n) is 3.38. The van der Waals surface area contributed by atoms with Crippen LogP contribution in [0.1, 0.15) is 6.42 Å². The van der Waals surface area contributed by atoms with Crippen molar-refractivity contribution in [2.75, 3.05) is 11.9 Å². The average Bonchev–Trinajstić information content (AvgIpc) is 2.07. The van der Waals surface area contributed by atoms with E-state index in [0.717, 1.165) is 6.54 Å². The highest BCUT2D eigenvalue weighted by Gasteiger charge is 1.88. The van der Waals surface area contributed by atoms with Gasteiger partial charge in [0.05, 0.1) is 0 Å². The number of anilines is 1. The van der Waals surface area contributed by atoms with Crippen LogP contribution >= 0.6 is 0 Å². The van der Waals surface area contributed by atoms with Crippen LogP contribution < -0.4 is 5.32 Å². The minimum Gasteiger partial charge on any atom is -0.353 e. The Hall–Kier alpha value is -1.56. The van der Waals surface area contributed by atoms with E-state index in [9.17, 15) is 0 Å². The molecule has 0 aliphatic rings. The van der Waals surface area contributed by atoms with Crippen LogP contribution in [0.25, 0.3) is 0 Å². The van der Waals surface area contributed by atoms with Crippen LogP contribution in [-0.2, 0) is 0 Å². The van der Waals surface area contributed by atoms with E-state index in [1.165, 1.54) is 0 Å². The summed E-state index contributed by atoms with van der Waals surface area (Å²) in [5.41, 5.74) is 0. The van der Waals surface area contributed by atoms with Gasteiger partial charge in [-0.25, -0.2) is 9.97 Å². The zero-order valence-electron chi connectivity index (χ0n) is 6.12. The molecule has 0 spiro atoms. The molecule has 1 N–H and O–H groups in total. The third-order valence-corrected chi connectivity index (χ3v) is 1.12.